The van der Waals surface area contributed by atoms with E-state index in [0.29, 0.717) is 0 Å². The predicted molar refractivity (Wildman–Crippen MR) is 83.8 cm³/mol. The highest BCUT2D eigenvalue weighted by Crippen LogP contribution is 2.12. The molecule has 1 amide bonds. The van der Waals surface area contributed by atoms with E-state index in [1.54, 1.807) is 0 Å². The lowest BCUT2D eigenvalue weighted by molar-refractivity contribution is 0.0679. The third-order valence-electron chi connectivity index (χ3n) is 3.12. The van der Waals surface area contributed by atoms with Gasteiger partial charge in [-0.2, -0.15) is 0 Å². The Hall–Kier alpha value is -0.870. The minimum absolute atomic E-state index is 0.109. The van der Waals surface area contributed by atoms with Crippen LogP contribution in [0.25, 0.3) is 0 Å². The first-order valence-electron chi connectivity index (χ1n) is 6.60. The van der Waals surface area contributed by atoms with E-state index in [4.69, 9.17) is 0 Å². The maximum absolute atomic E-state index is 12.5. The fourth-order valence-electron chi connectivity index (χ4n) is 2.18. The molecule has 1 atom stereocenters. The number of alkyl halides is 1. The average molecular weight is 327 g/mol. The van der Waals surface area contributed by atoms with Crippen LogP contribution >= 0.6 is 15.9 Å². The zero-order chi connectivity index (χ0) is 14.4. The van der Waals surface area contributed by atoms with Gasteiger partial charge in [0.05, 0.1) is 0 Å². The number of hydrogen-bond donors (Lipinski definition) is 0. The molecule has 0 aliphatic carbocycles. The Morgan fingerprint density at radius 2 is 1.84 bits per heavy atom. The second-order valence-electron chi connectivity index (χ2n) is 5.03. The Balaban J connectivity index is 2.82. The summed E-state index contributed by atoms with van der Waals surface area (Å²) in [4.78, 5) is 16.5. The summed E-state index contributed by atoms with van der Waals surface area (Å²) < 4.78 is 0. The van der Waals surface area contributed by atoms with Crippen molar-refractivity contribution in [2.45, 2.75) is 25.2 Å². The van der Waals surface area contributed by atoms with Gasteiger partial charge in [0.2, 0.25) is 0 Å². The van der Waals surface area contributed by atoms with Gasteiger partial charge in [-0.25, -0.2) is 0 Å². The second-order valence-corrected chi connectivity index (χ2v) is 5.59. The van der Waals surface area contributed by atoms with Crippen molar-refractivity contribution in [3.8, 4) is 0 Å². The summed E-state index contributed by atoms with van der Waals surface area (Å²) >= 11 is 3.41. The molecule has 1 unspecified atom stereocenters. The number of rotatable bonds is 6. The second kappa shape index (κ2) is 7.65. The highest BCUT2D eigenvalue weighted by Gasteiger charge is 2.20. The molecule has 0 N–H and O–H groups in total. The maximum Gasteiger partial charge on any atom is 0.254 e. The standard InChI is InChI=1S/C15H23BrN2O/c1-5-18(12(2)11-17(3)4)15(19)14-8-6-13(10-16)7-9-14/h6-9,12H,5,10-11H2,1-4H3. The van der Waals surface area contributed by atoms with Crippen molar-refractivity contribution in [1.29, 1.82) is 0 Å². The summed E-state index contributed by atoms with van der Waals surface area (Å²) in [6.45, 7) is 5.72. The third-order valence-corrected chi connectivity index (χ3v) is 3.77. The lowest BCUT2D eigenvalue weighted by Gasteiger charge is -2.30. The number of halogens is 1. The molecule has 106 valence electrons. The van der Waals surface area contributed by atoms with Gasteiger partial charge in [0.15, 0.2) is 0 Å². The molecule has 0 bridgehead atoms. The first-order valence-corrected chi connectivity index (χ1v) is 7.72. The van der Waals surface area contributed by atoms with Gasteiger partial charge in [0.25, 0.3) is 5.91 Å². The van der Waals surface area contributed by atoms with E-state index in [9.17, 15) is 4.79 Å². The van der Waals surface area contributed by atoms with Gasteiger partial charge in [-0.3, -0.25) is 4.79 Å². The van der Waals surface area contributed by atoms with Crippen molar-refractivity contribution in [3.63, 3.8) is 0 Å². The molecule has 1 aromatic rings. The quantitative estimate of drug-likeness (QED) is 0.750. The minimum atomic E-state index is 0.109. The Labute approximate surface area is 124 Å². The van der Waals surface area contributed by atoms with Crippen LogP contribution in [0.1, 0.15) is 29.8 Å². The highest BCUT2D eigenvalue weighted by atomic mass is 79.9. The molecule has 0 aliphatic heterocycles. The van der Waals surface area contributed by atoms with Crippen LogP contribution in [0.4, 0.5) is 0 Å². The van der Waals surface area contributed by atoms with E-state index < -0.39 is 0 Å². The molecular formula is C15H23BrN2O. The molecule has 0 spiro atoms. The number of carbonyl (C=O) groups is 1. The molecule has 3 nitrogen and oxygen atoms in total. The van der Waals surface area contributed by atoms with Crippen molar-refractivity contribution in [1.82, 2.24) is 9.80 Å². The smallest absolute Gasteiger partial charge is 0.254 e. The van der Waals surface area contributed by atoms with Gasteiger partial charge in [-0.15, -0.1) is 0 Å². The number of benzene rings is 1. The van der Waals surface area contributed by atoms with Gasteiger partial charge >= 0.3 is 0 Å². The Kier molecular flexibility index (Phi) is 6.52. The van der Waals surface area contributed by atoms with Crippen molar-refractivity contribution < 1.29 is 4.79 Å². The largest absolute Gasteiger partial charge is 0.335 e. The molecule has 19 heavy (non-hydrogen) atoms. The molecule has 1 rings (SSSR count). The molecule has 0 saturated carbocycles. The van der Waals surface area contributed by atoms with Gasteiger partial charge < -0.3 is 9.80 Å². The lowest BCUT2D eigenvalue weighted by Crippen LogP contribution is -2.43. The average Bonchev–Trinajstić information content (AvgIpc) is 2.38. The number of likely N-dealkylation sites (N-methyl/N-ethyl adjacent to an activating group) is 2. The molecule has 0 fully saturated rings. The molecule has 1 aromatic carbocycles. The predicted octanol–water partition coefficient (Wildman–Crippen LogP) is 2.99. The zero-order valence-electron chi connectivity index (χ0n) is 12.2. The SMILES string of the molecule is CCN(C(=O)c1ccc(CBr)cc1)C(C)CN(C)C. The normalized spacial score (nSPS) is 12.5. The molecule has 0 aromatic heterocycles. The summed E-state index contributed by atoms with van der Waals surface area (Å²) in [6.07, 6.45) is 0. The molecule has 0 heterocycles. The van der Waals surface area contributed by atoms with Crippen LogP contribution in [0.3, 0.4) is 0 Å². The van der Waals surface area contributed by atoms with E-state index in [0.717, 1.165) is 24.0 Å². The van der Waals surface area contributed by atoms with Gasteiger partial charge in [0, 0.05) is 30.0 Å². The summed E-state index contributed by atoms with van der Waals surface area (Å²) in [5.41, 5.74) is 1.94. The van der Waals surface area contributed by atoms with E-state index in [1.807, 2.05) is 50.2 Å². The fourth-order valence-corrected chi connectivity index (χ4v) is 2.56. The maximum atomic E-state index is 12.5. The van der Waals surface area contributed by atoms with Gasteiger partial charge in [-0.1, -0.05) is 28.1 Å². The van der Waals surface area contributed by atoms with Crippen molar-refractivity contribution >= 4 is 21.8 Å². The number of nitrogens with zero attached hydrogens (tertiary/aromatic N) is 2. The fraction of sp³-hybridized carbons (Fsp3) is 0.533. The van der Waals surface area contributed by atoms with Crippen LogP contribution in [0, 0.1) is 0 Å². The first-order chi connectivity index (χ1) is 8.99. The molecular weight excluding hydrogens is 304 g/mol. The van der Waals surface area contributed by atoms with Crippen molar-refractivity contribution in [2.75, 3.05) is 27.2 Å². The van der Waals surface area contributed by atoms with Crippen molar-refractivity contribution in [2.24, 2.45) is 0 Å². The van der Waals surface area contributed by atoms with Gasteiger partial charge in [-0.05, 0) is 45.6 Å². The minimum Gasteiger partial charge on any atom is -0.335 e. The summed E-state index contributed by atoms with van der Waals surface area (Å²) in [7, 11) is 4.05. The van der Waals surface area contributed by atoms with Crippen LogP contribution < -0.4 is 0 Å². The monoisotopic (exact) mass is 326 g/mol. The van der Waals surface area contributed by atoms with Crippen LogP contribution in [-0.4, -0.2) is 48.9 Å². The molecule has 0 aliphatic rings. The van der Waals surface area contributed by atoms with E-state index in [-0.39, 0.29) is 11.9 Å². The van der Waals surface area contributed by atoms with Crippen LogP contribution in [0.5, 0.6) is 0 Å². The number of carbonyl (C=O) groups excluding carboxylic acids is 1. The van der Waals surface area contributed by atoms with E-state index in [1.165, 1.54) is 5.56 Å². The lowest BCUT2D eigenvalue weighted by atomic mass is 10.1. The van der Waals surface area contributed by atoms with Crippen molar-refractivity contribution in [3.05, 3.63) is 35.4 Å². The third kappa shape index (κ3) is 4.62. The van der Waals surface area contributed by atoms with Gasteiger partial charge in [0.1, 0.15) is 0 Å². The topological polar surface area (TPSA) is 23.6 Å². The first kappa shape index (κ1) is 16.2. The number of hydrogen-bond acceptors (Lipinski definition) is 2. The van der Waals surface area contributed by atoms with E-state index in [2.05, 4.69) is 27.8 Å². The summed E-state index contributed by atoms with van der Waals surface area (Å²) in [5.74, 6) is 0.109. The Bertz CT molecular complexity index is 403. The number of amides is 1. The summed E-state index contributed by atoms with van der Waals surface area (Å²) in [5, 5.41) is 0.815. The van der Waals surface area contributed by atoms with Crippen LogP contribution in [0.2, 0.25) is 0 Å². The molecule has 0 radical (unpaired) electrons. The zero-order valence-corrected chi connectivity index (χ0v) is 13.8. The van der Waals surface area contributed by atoms with E-state index >= 15 is 0 Å². The molecule has 0 saturated heterocycles. The van der Waals surface area contributed by atoms with Crippen LogP contribution in [0.15, 0.2) is 24.3 Å². The molecule has 4 heteroatoms. The van der Waals surface area contributed by atoms with Crippen LogP contribution in [-0.2, 0) is 5.33 Å². The Morgan fingerprint density at radius 1 is 1.26 bits per heavy atom. The Morgan fingerprint density at radius 3 is 2.26 bits per heavy atom. The highest BCUT2D eigenvalue weighted by molar-refractivity contribution is 9.08. The summed E-state index contributed by atoms with van der Waals surface area (Å²) in [6, 6.07) is 8.01.